The minimum absolute atomic E-state index is 0.198. The quantitative estimate of drug-likeness (QED) is 0.670. The fourth-order valence-electron chi connectivity index (χ4n) is 1.90. The summed E-state index contributed by atoms with van der Waals surface area (Å²) in [5.41, 5.74) is 5.63. The van der Waals surface area contributed by atoms with Crippen molar-refractivity contribution in [1.29, 1.82) is 0 Å². The number of hydrogen-bond donors (Lipinski definition) is 1. The van der Waals surface area contributed by atoms with Gasteiger partial charge in [-0.25, -0.2) is 9.36 Å². The first-order chi connectivity index (χ1) is 10.2. The van der Waals surface area contributed by atoms with Gasteiger partial charge in [0.15, 0.2) is 5.65 Å². The summed E-state index contributed by atoms with van der Waals surface area (Å²) >= 11 is 1.51. The smallest absolute Gasteiger partial charge is 0.281 e. The molecule has 0 aliphatic rings. The Morgan fingerprint density at radius 3 is 3.10 bits per heavy atom. The molecule has 0 aliphatic heterocycles. The van der Waals surface area contributed by atoms with Crippen LogP contribution in [0.25, 0.3) is 11.0 Å². The van der Waals surface area contributed by atoms with Gasteiger partial charge < -0.3 is 5.73 Å². The number of aryl methyl sites for hydroxylation is 1. The van der Waals surface area contributed by atoms with Gasteiger partial charge in [0, 0.05) is 11.9 Å². The van der Waals surface area contributed by atoms with Gasteiger partial charge in [-0.15, -0.1) is 16.4 Å². The molecule has 2 N–H and O–H groups in total. The van der Waals surface area contributed by atoms with Crippen molar-refractivity contribution in [1.82, 2.24) is 24.8 Å². The van der Waals surface area contributed by atoms with E-state index < -0.39 is 0 Å². The van der Waals surface area contributed by atoms with E-state index in [0.29, 0.717) is 24.1 Å². The number of nitrogens with two attached hydrogens (primary N) is 1. The molecule has 0 fully saturated rings. The Balaban J connectivity index is 1.93. The molecule has 7 nitrogen and oxygen atoms in total. The van der Waals surface area contributed by atoms with Gasteiger partial charge in [0.25, 0.3) is 5.56 Å². The highest BCUT2D eigenvalue weighted by Crippen LogP contribution is 2.16. The number of aromatic nitrogens is 5. The molecule has 3 aromatic rings. The van der Waals surface area contributed by atoms with Crippen LogP contribution in [-0.4, -0.2) is 31.3 Å². The van der Waals surface area contributed by atoms with Crippen LogP contribution in [0.2, 0.25) is 0 Å². The van der Waals surface area contributed by atoms with Crippen LogP contribution in [0.1, 0.15) is 9.75 Å². The monoisotopic (exact) mass is 300 g/mol. The van der Waals surface area contributed by atoms with E-state index >= 15 is 0 Å². The number of thiophene rings is 1. The Morgan fingerprint density at radius 2 is 2.29 bits per heavy atom. The van der Waals surface area contributed by atoms with E-state index in [1.807, 2.05) is 12.1 Å². The van der Waals surface area contributed by atoms with Crippen molar-refractivity contribution >= 4 is 22.4 Å². The molecular formula is C13H12N6OS. The summed E-state index contributed by atoms with van der Waals surface area (Å²) in [4.78, 5) is 14.2. The molecule has 0 bridgehead atoms. The van der Waals surface area contributed by atoms with E-state index in [9.17, 15) is 4.79 Å². The number of fused-ring (bicyclic) bond motifs is 1. The number of rotatable bonds is 2. The SMILES string of the molecule is Cn1ncc2c(=O)n(Cc3ccc(C#CCN)s3)nnc21. The number of nitrogens with zero attached hydrogens (tertiary/aromatic N) is 5. The average Bonchev–Trinajstić information content (AvgIpc) is 3.07. The molecule has 21 heavy (non-hydrogen) atoms. The highest BCUT2D eigenvalue weighted by molar-refractivity contribution is 7.12. The molecule has 0 saturated carbocycles. The maximum absolute atomic E-state index is 12.3. The molecule has 3 heterocycles. The Hall–Kier alpha value is -2.50. The van der Waals surface area contributed by atoms with Gasteiger partial charge in [0.05, 0.1) is 24.2 Å². The van der Waals surface area contributed by atoms with Gasteiger partial charge in [-0.05, 0) is 12.1 Å². The fraction of sp³-hybridized carbons (Fsp3) is 0.231. The summed E-state index contributed by atoms with van der Waals surface area (Å²) in [6, 6.07) is 3.83. The molecule has 0 unspecified atom stereocenters. The van der Waals surface area contributed by atoms with E-state index in [4.69, 9.17) is 5.73 Å². The molecule has 3 aromatic heterocycles. The van der Waals surface area contributed by atoms with Gasteiger partial charge in [-0.3, -0.25) is 4.79 Å². The lowest BCUT2D eigenvalue weighted by atomic mass is 10.4. The largest absolute Gasteiger partial charge is 0.320 e. The third kappa shape index (κ3) is 2.56. The number of hydrogen-bond acceptors (Lipinski definition) is 6. The molecule has 0 aromatic carbocycles. The van der Waals surface area contributed by atoms with Crippen LogP contribution in [0.4, 0.5) is 0 Å². The fourth-order valence-corrected chi connectivity index (χ4v) is 2.76. The maximum atomic E-state index is 12.3. The zero-order valence-electron chi connectivity index (χ0n) is 11.3. The van der Waals surface area contributed by atoms with Crippen LogP contribution >= 0.6 is 11.3 Å². The van der Waals surface area contributed by atoms with Crippen molar-refractivity contribution in [3.05, 3.63) is 38.4 Å². The van der Waals surface area contributed by atoms with Crippen LogP contribution in [0.3, 0.4) is 0 Å². The van der Waals surface area contributed by atoms with Gasteiger partial charge in [-0.1, -0.05) is 17.1 Å². The standard InChI is InChI=1S/C13H12N6OS/c1-18-12-11(7-15-18)13(20)19(17-16-12)8-10-5-4-9(21-10)3-2-6-14/h4-5,7H,6,8,14H2,1H3. The molecule has 3 rings (SSSR count). The van der Waals surface area contributed by atoms with E-state index in [-0.39, 0.29) is 5.56 Å². The van der Waals surface area contributed by atoms with Gasteiger partial charge in [0.1, 0.15) is 5.39 Å². The van der Waals surface area contributed by atoms with Crippen molar-refractivity contribution in [3.8, 4) is 11.8 Å². The Kier molecular flexibility index (Phi) is 3.51. The Morgan fingerprint density at radius 1 is 1.43 bits per heavy atom. The first kappa shape index (κ1) is 13.5. The highest BCUT2D eigenvalue weighted by atomic mass is 32.1. The lowest BCUT2D eigenvalue weighted by molar-refractivity contribution is 0.600. The molecule has 0 aliphatic carbocycles. The van der Waals surface area contributed by atoms with E-state index in [1.54, 1.807) is 7.05 Å². The lowest BCUT2D eigenvalue weighted by Gasteiger charge is -2.00. The summed E-state index contributed by atoms with van der Waals surface area (Å²) in [6.45, 7) is 0.696. The molecule has 8 heteroatoms. The average molecular weight is 300 g/mol. The van der Waals surface area contributed by atoms with Crippen molar-refractivity contribution in [2.75, 3.05) is 6.54 Å². The highest BCUT2D eigenvalue weighted by Gasteiger charge is 2.10. The van der Waals surface area contributed by atoms with Crippen molar-refractivity contribution in [2.24, 2.45) is 12.8 Å². The van der Waals surface area contributed by atoms with Crippen molar-refractivity contribution < 1.29 is 0 Å². The Bertz CT molecular complexity index is 910. The summed E-state index contributed by atoms with van der Waals surface area (Å²) in [5.74, 6) is 5.77. The molecule has 106 valence electrons. The first-order valence-electron chi connectivity index (χ1n) is 6.22. The minimum atomic E-state index is -0.198. The molecule has 0 amide bonds. The molecule has 0 radical (unpaired) electrons. The third-order valence-electron chi connectivity index (χ3n) is 2.90. The van der Waals surface area contributed by atoms with Gasteiger partial charge in [0.2, 0.25) is 0 Å². The third-order valence-corrected chi connectivity index (χ3v) is 3.89. The summed E-state index contributed by atoms with van der Waals surface area (Å²) in [5, 5.41) is 12.5. The molecule has 0 spiro atoms. The van der Waals surface area contributed by atoms with E-state index in [2.05, 4.69) is 27.3 Å². The van der Waals surface area contributed by atoms with E-state index in [1.165, 1.54) is 26.9 Å². The zero-order chi connectivity index (χ0) is 14.8. The predicted molar refractivity (Wildman–Crippen MR) is 79.9 cm³/mol. The van der Waals surface area contributed by atoms with Crippen LogP contribution in [0.5, 0.6) is 0 Å². The van der Waals surface area contributed by atoms with Gasteiger partial charge in [-0.2, -0.15) is 5.10 Å². The van der Waals surface area contributed by atoms with Crippen LogP contribution < -0.4 is 11.3 Å². The predicted octanol–water partition coefficient (Wildman–Crippen LogP) is -0.0550. The Labute approximate surface area is 124 Å². The van der Waals surface area contributed by atoms with Crippen molar-refractivity contribution in [2.45, 2.75) is 6.54 Å². The second-order valence-electron chi connectivity index (χ2n) is 4.33. The summed E-state index contributed by atoms with van der Waals surface area (Å²) in [7, 11) is 1.72. The first-order valence-corrected chi connectivity index (χ1v) is 7.04. The zero-order valence-corrected chi connectivity index (χ0v) is 12.1. The topological polar surface area (TPSA) is 91.6 Å². The van der Waals surface area contributed by atoms with Gasteiger partial charge >= 0.3 is 0 Å². The summed E-state index contributed by atoms with van der Waals surface area (Å²) < 4.78 is 2.86. The van der Waals surface area contributed by atoms with Crippen LogP contribution in [0.15, 0.2) is 23.1 Å². The second-order valence-corrected chi connectivity index (χ2v) is 5.50. The lowest BCUT2D eigenvalue weighted by Crippen LogP contribution is -2.24. The van der Waals surface area contributed by atoms with Crippen molar-refractivity contribution in [3.63, 3.8) is 0 Å². The molecule has 0 saturated heterocycles. The normalized spacial score (nSPS) is 10.6. The molecular weight excluding hydrogens is 288 g/mol. The molecule has 0 atom stereocenters. The van der Waals surface area contributed by atoms with Crippen LogP contribution in [-0.2, 0) is 13.6 Å². The second kappa shape index (κ2) is 5.47. The van der Waals surface area contributed by atoms with E-state index in [0.717, 1.165) is 9.75 Å². The summed E-state index contributed by atoms with van der Waals surface area (Å²) in [6.07, 6.45) is 1.51. The minimum Gasteiger partial charge on any atom is -0.320 e. The maximum Gasteiger partial charge on any atom is 0.281 e. The van der Waals surface area contributed by atoms with Crippen LogP contribution in [0, 0.1) is 11.8 Å².